The fraction of sp³-hybridized carbons (Fsp3) is 0.364. The average Bonchev–Trinajstić information content (AvgIpc) is 2.66. The minimum absolute atomic E-state index is 0.0865. The highest BCUT2D eigenvalue weighted by Gasteiger charge is 2.07. The van der Waals surface area contributed by atoms with Crippen molar-refractivity contribution in [1.29, 1.82) is 0 Å². The van der Waals surface area contributed by atoms with E-state index in [4.69, 9.17) is 14.2 Å². The van der Waals surface area contributed by atoms with Crippen LogP contribution in [0.4, 0.5) is 0 Å². The van der Waals surface area contributed by atoms with Crippen LogP contribution in [-0.4, -0.2) is 31.9 Å². The van der Waals surface area contributed by atoms with Crippen LogP contribution in [0.5, 0.6) is 17.2 Å². The fourth-order valence-corrected chi connectivity index (χ4v) is 2.33. The molecule has 1 amide bonds. The molecule has 28 heavy (non-hydrogen) atoms. The van der Waals surface area contributed by atoms with Crippen molar-refractivity contribution in [2.75, 3.05) is 13.7 Å². The van der Waals surface area contributed by atoms with Gasteiger partial charge >= 0.3 is 0 Å². The minimum Gasteiger partial charge on any atom is -0.493 e. The summed E-state index contributed by atoms with van der Waals surface area (Å²) in [7, 11) is 1.59. The van der Waals surface area contributed by atoms with Crippen molar-refractivity contribution in [2.24, 2.45) is 11.0 Å². The fourth-order valence-electron chi connectivity index (χ4n) is 2.33. The molecule has 2 aromatic carbocycles. The highest BCUT2D eigenvalue weighted by molar-refractivity contribution is 5.95. The molecular formula is C22H28N2O4. The van der Waals surface area contributed by atoms with E-state index in [2.05, 4.69) is 24.4 Å². The van der Waals surface area contributed by atoms with Crippen molar-refractivity contribution in [2.45, 2.75) is 33.8 Å². The molecule has 0 heterocycles. The van der Waals surface area contributed by atoms with E-state index in [0.29, 0.717) is 29.6 Å². The van der Waals surface area contributed by atoms with Gasteiger partial charge in [0.15, 0.2) is 11.5 Å². The van der Waals surface area contributed by atoms with Crippen LogP contribution in [0.25, 0.3) is 0 Å². The number of hydrogen-bond donors (Lipinski definition) is 1. The molecule has 0 spiro atoms. The van der Waals surface area contributed by atoms with Crippen LogP contribution in [0.1, 0.15) is 43.6 Å². The first-order chi connectivity index (χ1) is 13.4. The van der Waals surface area contributed by atoms with Crippen LogP contribution >= 0.6 is 0 Å². The molecule has 0 aliphatic heterocycles. The van der Waals surface area contributed by atoms with E-state index < -0.39 is 0 Å². The predicted molar refractivity (Wildman–Crippen MR) is 111 cm³/mol. The Morgan fingerprint density at radius 2 is 1.79 bits per heavy atom. The Kier molecular flexibility index (Phi) is 7.87. The van der Waals surface area contributed by atoms with Gasteiger partial charge in [-0.3, -0.25) is 4.79 Å². The molecule has 0 fully saturated rings. The summed E-state index contributed by atoms with van der Waals surface area (Å²) >= 11 is 0. The number of methoxy groups -OCH3 is 1. The lowest BCUT2D eigenvalue weighted by Crippen LogP contribution is -2.17. The van der Waals surface area contributed by atoms with Gasteiger partial charge in [-0.25, -0.2) is 5.43 Å². The second-order valence-electron chi connectivity index (χ2n) is 7.01. The number of ether oxygens (including phenoxy) is 3. The first-order valence-electron chi connectivity index (χ1n) is 9.30. The van der Waals surface area contributed by atoms with Crippen LogP contribution in [0.2, 0.25) is 0 Å². The highest BCUT2D eigenvalue weighted by Crippen LogP contribution is 2.28. The normalized spacial score (nSPS) is 11.1. The molecule has 1 N–H and O–H groups in total. The Labute approximate surface area is 166 Å². The summed E-state index contributed by atoms with van der Waals surface area (Å²) in [4.78, 5) is 12.2. The molecule has 2 rings (SSSR count). The molecule has 6 nitrogen and oxygen atoms in total. The largest absolute Gasteiger partial charge is 0.493 e. The van der Waals surface area contributed by atoms with Gasteiger partial charge in [-0.15, -0.1) is 0 Å². The Hall–Kier alpha value is -3.02. The van der Waals surface area contributed by atoms with Crippen LogP contribution in [0.3, 0.4) is 0 Å². The molecule has 0 radical (unpaired) electrons. The first kappa shape index (κ1) is 21.3. The number of hydrazone groups is 1. The molecule has 0 aliphatic rings. The van der Waals surface area contributed by atoms with Gasteiger partial charge in [-0.1, -0.05) is 13.8 Å². The number of carbonyl (C=O) groups excluding carboxylic acids is 1. The molecule has 6 heteroatoms. The number of hydrogen-bond acceptors (Lipinski definition) is 5. The average molecular weight is 384 g/mol. The summed E-state index contributed by atoms with van der Waals surface area (Å²) in [5, 5.41) is 4.02. The topological polar surface area (TPSA) is 69.2 Å². The molecule has 0 aromatic heterocycles. The molecule has 0 saturated heterocycles. The second-order valence-corrected chi connectivity index (χ2v) is 7.01. The van der Waals surface area contributed by atoms with Crippen molar-refractivity contribution in [3.05, 3.63) is 53.6 Å². The van der Waals surface area contributed by atoms with Crippen molar-refractivity contribution >= 4 is 12.1 Å². The summed E-state index contributed by atoms with van der Waals surface area (Å²) in [6.45, 7) is 8.68. The van der Waals surface area contributed by atoms with Crippen molar-refractivity contribution in [3.63, 3.8) is 0 Å². The Morgan fingerprint density at radius 3 is 2.39 bits per heavy atom. The lowest BCUT2D eigenvalue weighted by molar-refractivity contribution is 0.0955. The Morgan fingerprint density at radius 1 is 1.07 bits per heavy atom. The van der Waals surface area contributed by atoms with Crippen LogP contribution in [0, 0.1) is 5.92 Å². The number of benzene rings is 2. The quantitative estimate of drug-likeness (QED) is 0.517. The molecule has 2 aromatic rings. The molecule has 0 bridgehead atoms. The standard InChI is InChI=1S/C22H28N2O4/c1-15(2)14-27-20-11-6-17(12-21(20)26-5)13-23-24-22(25)18-7-9-19(10-8-18)28-16(3)4/h6-13,15-16H,14H2,1-5H3,(H,24,25)/b23-13-. The van der Waals surface area contributed by atoms with Gasteiger partial charge in [0, 0.05) is 5.56 Å². The number of rotatable bonds is 9. The van der Waals surface area contributed by atoms with E-state index in [1.165, 1.54) is 0 Å². The SMILES string of the molecule is COc1cc(/C=N\NC(=O)c2ccc(OC(C)C)cc2)ccc1OCC(C)C. The third-order valence-corrected chi connectivity index (χ3v) is 3.63. The third kappa shape index (κ3) is 6.61. The minimum atomic E-state index is -0.295. The lowest BCUT2D eigenvalue weighted by atomic mass is 10.2. The van der Waals surface area contributed by atoms with Crippen molar-refractivity contribution in [1.82, 2.24) is 5.43 Å². The maximum Gasteiger partial charge on any atom is 0.271 e. The van der Waals surface area contributed by atoms with Gasteiger partial charge in [0.1, 0.15) is 5.75 Å². The zero-order chi connectivity index (χ0) is 20.5. The first-order valence-corrected chi connectivity index (χ1v) is 9.30. The number of amides is 1. The van der Waals surface area contributed by atoms with Crippen molar-refractivity contribution < 1.29 is 19.0 Å². The van der Waals surface area contributed by atoms with Gasteiger partial charge in [-0.05, 0) is 67.8 Å². The van der Waals surface area contributed by atoms with Gasteiger partial charge in [0.2, 0.25) is 0 Å². The highest BCUT2D eigenvalue weighted by atomic mass is 16.5. The molecule has 0 saturated carbocycles. The summed E-state index contributed by atoms with van der Waals surface area (Å²) in [5.41, 5.74) is 3.81. The van der Waals surface area contributed by atoms with Crippen LogP contribution in [-0.2, 0) is 0 Å². The zero-order valence-corrected chi connectivity index (χ0v) is 17.1. The lowest BCUT2D eigenvalue weighted by Gasteiger charge is -2.12. The second kappa shape index (κ2) is 10.3. The van der Waals surface area contributed by atoms with E-state index in [-0.39, 0.29) is 12.0 Å². The van der Waals surface area contributed by atoms with Gasteiger partial charge in [0.25, 0.3) is 5.91 Å². The zero-order valence-electron chi connectivity index (χ0n) is 17.1. The van der Waals surface area contributed by atoms with E-state index in [9.17, 15) is 4.79 Å². The van der Waals surface area contributed by atoms with E-state index in [1.807, 2.05) is 32.0 Å². The number of carbonyl (C=O) groups is 1. The van der Waals surface area contributed by atoms with Crippen LogP contribution < -0.4 is 19.6 Å². The van der Waals surface area contributed by atoms with E-state index in [1.54, 1.807) is 37.6 Å². The summed E-state index contributed by atoms with van der Waals surface area (Å²) in [5.74, 6) is 2.16. The van der Waals surface area contributed by atoms with Crippen LogP contribution in [0.15, 0.2) is 47.6 Å². The monoisotopic (exact) mass is 384 g/mol. The summed E-state index contributed by atoms with van der Waals surface area (Å²) in [6.07, 6.45) is 1.64. The maximum atomic E-state index is 12.2. The molecule has 150 valence electrons. The Bertz CT molecular complexity index is 799. The predicted octanol–water partition coefficient (Wildman–Crippen LogP) is 4.28. The van der Waals surface area contributed by atoms with E-state index >= 15 is 0 Å². The summed E-state index contributed by atoms with van der Waals surface area (Å²) < 4.78 is 16.7. The van der Waals surface area contributed by atoms with Gasteiger partial charge < -0.3 is 14.2 Å². The Balaban J connectivity index is 1.96. The third-order valence-electron chi connectivity index (χ3n) is 3.63. The molecule has 0 unspecified atom stereocenters. The van der Waals surface area contributed by atoms with Crippen molar-refractivity contribution in [3.8, 4) is 17.2 Å². The number of nitrogens with zero attached hydrogens (tertiary/aromatic N) is 1. The maximum absolute atomic E-state index is 12.2. The molecule has 0 atom stereocenters. The number of nitrogens with one attached hydrogen (secondary N) is 1. The summed E-state index contributed by atoms with van der Waals surface area (Å²) in [6, 6.07) is 12.4. The van der Waals surface area contributed by atoms with E-state index in [0.717, 1.165) is 11.3 Å². The molecule has 0 aliphatic carbocycles. The smallest absolute Gasteiger partial charge is 0.271 e. The van der Waals surface area contributed by atoms with Gasteiger partial charge in [-0.2, -0.15) is 5.10 Å². The van der Waals surface area contributed by atoms with Gasteiger partial charge in [0.05, 0.1) is 26.0 Å². The molecular weight excluding hydrogens is 356 g/mol.